The number of aromatic nitrogens is 1. The van der Waals surface area contributed by atoms with E-state index in [4.69, 9.17) is 5.73 Å². The van der Waals surface area contributed by atoms with Crippen LogP contribution in [-0.2, 0) is 16.6 Å². The van der Waals surface area contributed by atoms with Crippen LogP contribution < -0.4 is 10.0 Å². The molecule has 0 aliphatic carbocycles. The van der Waals surface area contributed by atoms with Gasteiger partial charge in [0.15, 0.2) is 0 Å². The molecule has 1 aromatic heterocycles. The lowest BCUT2D eigenvalue weighted by Crippen LogP contribution is -2.26. The lowest BCUT2D eigenvalue weighted by Gasteiger charge is -2.19. The zero-order valence-corrected chi connectivity index (χ0v) is 11.6. The first-order valence-corrected chi connectivity index (χ1v) is 7.27. The molecule has 7 heteroatoms. The number of rotatable bonds is 4. The number of hydrogen-bond acceptors (Lipinski definition) is 4. The van der Waals surface area contributed by atoms with Crippen LogP contribution in [-0.4, -0.2) is 20.4 Å². The maximum Gasteiger partial charge on any atom is 0.265 e. The maximum atomic E-state index is 13.1. The molecule has 0 spiro atoms. The Balaban J connectivity index is 2.37. The number of pyridine rings is 1. The molecule has 0 amide bonds. The van der Waals surface area contributed by atoms with Crippen molar-refractivity contribution in [3.05, 3.63) is 54.1 Å². The fraction of sp³-hybridized carbons (Fsp3) is 0.154. The number of benzene rings is 1. The van der Waals surface area contributed by atoms with Gasteiger partial charge in [0, 0.05) is 19.8 Å². The highest BCUT2D eigenvalue weighted by molar-refractivity contribution is 7.92. The topological polar surface area (TPSA) is 76.3 Å². The van der Waals surface area contributed by atoms with Crippen molar-refractivity contribution < 1.29 is 12.8 Å². The van der Waals surface area contributed by atoms with Crippen LogP contribution in [0.25, 0.3) is 0 Å². The van der Waals surface area contributed by atoms with Crippen LogP contribution in [0.5, 0.6) is 0 Å². The summed E-state index contributed by atoms with van der Waals surface area (Å²) in [6, 6.07) is 7.71. The van der Waals surface area contributed by atoms with Crippen molar-refractivity contribution in [3.8, 4) is 0 Å². The zero-order valence-electron chi connectivity index (χ0n) is 10.8. The van der Waals surface area contributed by atoms with Crippen molar-refractivity contribution in [2.45, 2.75) is 11.4 Å². The number of nitrogens with zero attached hydrogens (tertiary/aromatic N) is 2. The summed E-state index contributed by atoms with van der Waals surface area (Å²) in [5, 5.41) is 0. The van der Waals surface area contributed by atoms with Crippen molar-refractivity contribution in [3.63, 3.8) is 0 Å². The molecule has 106 valence electrons. The molecule has 1 heterocycles. The molecule has 2 rings (SSSR count). The molecule has 0 saturated heterocycles. The van der Waals surface area contributed by atoms with E-state index in [1.165, 1.54) is 7.05 Å². The van der Waals surface area contributed by atoms with E-state index in [1.807, 2.05) is 0 Å². The number of nitrogens with two attached hydrogens (primary N) is 1. The molecule has 0 atom stereocenters. The first-order valence-electron chi connectivity index (χ1n) is 5.83. The van der Waals surface area contributed by atoms with Crippen LogP contribution in [0.4, 0.5) is 10.1 Å². The van der Waals surface area contributed by atoms with Crippen LogP contribution in [0.1, 0.15) is 5.56 Å². The van der Waals surface area contributed by atoms with E-state index in [-0.39, 0.29) is 4.90 Å². The maximum absolute atomic E-state index is 13.1. The minimum absolute atomic E-state index is 0.192. The number of halogens is 1. The van der Waals surface area contributed by atoms with Crippen LogP contribution in [0.15, 0.2) is 47.6 Å². The highest BCUT2D eigenvalue weighted by Gasteiger charge is 2.22. The third-order valence-electron chi connectivity index (χ3n) is 2.87. The molecule has 2 aromatic rings. The molecule has 0 aliphatic rings. The summed E-state index contributed by atoms with van der Waals surface area (Å²) in [5.74, 6) is -0.696. The predicted octanol–water partition coefficient (Wildman–Crippen LogP) is 1.50. The van der Waals surface area contributed by atoms with Gasteiger partial charge in [-0.05, 0) is 23.8 Å². The second-order valence-electron chi connectivity index (χ2n) is 4.18. The summed E-state index contributed by atoms with van der Waals surface area (Å²) in [5.41, 5.74) is 6.85. The van der Waals surface area contributed by atoms with Crippen molar-refractivity contribution in [1.82, 2.24) is 4.98 Å². The van der Waals surface area contributed by atoms with Crippen molar-refractivity contribution in [2.24, 2.45) is 5.73 Å². The van der Waals surface area contributed by atoms with Crippen molar-refractivity contribution in [2.75, 3.05) is 11.4 Å². The van der Waals surface area contributed by atoms with Gasteiger partial charge in [-0.2, -0.15) is 0 Å². The monoisotopic (exact) mass is 295 g/mol. The van der Waals surface area contributed by atoms with Gasteiger partial charge in [0.2, 0.25) is 0 Å². The molecule has 20 heavy (non-hydrogen) atoms. The first-order chi connectivity index (χ1) is 9.45. The van der Waals surface area contributed by atoms with Gasteiger partial charge in [-0.15, -0.1) is 0 Å². The quantitative estimate of drug-likeness (QED) is 0.927. The molecular formula is C13H14FN3O2S. The Morgan fingerprint density at radius 2 is 1.90 bits per heavy atom. The molecule has 0 fully saturated rings. The number of hydrogen-bond donors (Lipinski definition) is 1. The summed E-state index contributed by atoms with van der Waals surface area (Å²) in [4.78, 5) is 3.36. The van der Waals surface area contributed by atoms with E-state index in [2.05, 4.69) is 4.98 Å². The van der Waals surface area contributed by atoms with Gasteiger partial charge >= 0.3 is 0 Å². The number of anilines is 1. The summed E-state index contributed by atoms with van der Waals surface area (Å²) in [7, 11) is -2.43. The summed E-state index contributed by atoms with van der Waals surface area (Å²) < 4.78 is 38.8. The third-order valence-corrected chi connectivity index (χ3v) is 4.62. The van der Waals surface area contributed by atoms with Crippen LogP contribution in [0.3, 0.4) is 0 Å². The molecule has 0 aliphatic heterocycles. The van der Waals surface area contributed by atoms with E-state index < -0.39 is 15.8 Å². The van der Waals surface area contributed by atoms with E-state index in [0.29, 0.717) is 12.2 Å². The number of sulfonamides is 1. The summed E-state index contributed by atoms with van der Waals surface area (Å²) in [6.45, 7) is 0.380. The molecule has 0 bridgehead atoms. The van der Waals surface area contributed by atoms with Crippen LogP contribution in [0.2, 0.25) is 0 Å². The molecule has 0 unspecified atom stereocenters. The lowest BCUT2D eigenvalue weighted by molar-refractivity contribution is 0.587. The van der Waals surface area contributed by atoms with Crippen molar-refractivity contribution in [1.29, 1.82) is 0 Å². The van der Waals surface area contributed by atoms with Gasteiger partial charge < -0.3 is 5.73 Å². The van der Waals surface area contributed by atoms with Crippen molar-refractivity contribution >= 4 is 15.7 Å². The Kier molecular flexibility index (Phi) is 4.01. The second kappa shape index (κ2) is 5.56. The predicted molar refractivity (Wildman–Crippen MR) is 74.1 cm³/mol. The van der Waals surface area contributed by atoms with E-state index in [1.54, 1.807) is 24.3 Å². The molecule has 1 aromatic carbocycles. The first kappa shape index (κ1) is 14.4. The van der Waals surface area contributed by atoms with Gasteiger partial charge in [0.1, 0.15) is 10.7 Å². The largest absolute Gasteiger partial charge is 0.326 e. The van der Waals surface area contributed by atoms with Gasteiger partial charge in [-0.3, -0.25) is 9.29 Å². The van der Waals surface area contributed by atoms with E-state index in [0.717, 1.165) is 28.3 Å². The lowest BCUT2D eigenvalue weighted by atomic mass is 10.2. The van der Waals surface area contributed by atoms with Gasteiger partial charge in [0.25, 0.3) is 10.0 Å². The van der Waals surface area contributed by atoms with Gasteiger partial charge in [0.05, 0.1) is 11.9 Å². The highest BCUT2D eigenvalue weighted by atomic mass is 32.2. The highest BCUT2D eigenvalue weighted by Crippen LogP contribution is 2.22. The van der Waals surface area contributed by atoms with E-state index in [9.17, 15) is 12.8 Å². The molecule has 0 radical (unpaired) electrons. The van der Waals surface area contributed by atoms with E-state index >= 15 is 0 Å². The van der Waals surface area contributed by atoms with Gasteiger partial charge in [-0.25, -0.2) is 12.8 Å². The molecule has 0 saturated carbocycles. The summed E-state index contributed by atoms with van der Waals surface area (Å²) >= 11 is 0. The summed E-state index contributed by atoms with van der Waals surface area (Å²) in [6.07, 6.45) is 2.07. The minimum Gasteiger partial charge on any atom is -0.326 e. The third kappa shape index (κ3) is 2.78. The smallest absolute Gasteiger partial charge is 0.265 e. The second-order valence-corrected chi connectivity index (χ2v) is 6.15. The van der Waals surface area contributed by atoms with Crippen LogP contribution >= 0.6 is 0 Å². The fourth-order valence-corrected chi connectivity index (χ4v) is 2.84. The van der Waals surface area contributed by atoms with Crippen LogP contribution in [0, 0.1) is 5.82 Å². The Labute approximate surface area is 116 Å². The zero-order chi connectivity index (χ0) is 14.8. The fourth-order valence-electron chi connectivity index (χ4n) is 1.67. The SMILES string of the molecule is CN(c1ccc(CN)cc1)S(=O)(=O)c1cncc(F)c1. The Hall–Kier alpha value is -1.99. The minimum atomic E-state index is -3.83. The standard InChI is InChI=1S/C13H14FN3O2S/c1-17(12-4-2-10(7-15)3-5-12)20(18,19)13-6-11(14)8-16-9-13/h2-6,8-9H,7,15H2,1H3. The average molecular weight is 295 g/mol. The Morgan fingerprint density at radius 1 is 1.25 bits per heavy atom. The molecular weight excluding hydrogens is 281 g/mol. The Morgan fingerprint density at radius 3 is 2.45 bits per heavy atom. The molecule has 2 N–H and O–H groups in total. The normalized spacial score (nSPS) is 11.3. The molecule has 5 nitrogen and oxygen atoms in total. The average Bonchev–Trinajstić information content (AvgIpc) is 2.46. The Bertz CT molecular complexity index is 702. The van der Waals surface area contributed by atoms with Gasteiger partial charge in [-0.1, -0.05) is 12.1 Å².